The molecule has 1 aromatic rings. The van der Waals surface area contributed by atoms with Crippen LogP contribution in [0.3, 0.4) is 0 Å². The minimum atomic E-state index is -0.697. The largest absolute Gasteiger partial charge is 0.392 e. The van der Waals surface area contributed by atoms with E-state index in [0.29, 0.717) is 6.42 Å². The van der Waals surface area contributed by atoms with Gasteiger partial charge in [-0.25, -0.2) is 0 Å². The zero-order valence-electron chi connectivity index (χ0n) is 14.4. The number of likely N-dealkylation sites (tertiary alicyclic amines) is 1. The zero-order valence-corrected chi connectivity index (χ0v) is 14.4. The molecular weight excluding hydrogens is 326 g/mol. The lowest BCUT2D eigenvalue weighted by atomic mass is 10.1. The molecule has 3 atom stereocenters. The lowest BCUT2D eigenvalue weighted by molar-refractivity contribution is -0.140. The number of hydrogen-bond donors (Lipinski definition) is 2. The van der Waals surface area contributed by atoms with Crippen molar-refractivity contribution < 1.29 is 19.5 Å². The molecule has 2 aliphatic rings. The Balaban J connectivity index is 1.56. The van der Waals surface area contributed by atoms with Gasteiger partial charge in [-0.05, 0) is 13.0 Å². The highest BCUT2D eigenvalue weighted by molar-refractivity contribution is 5.89. The number of aliphatic hydroxyl groups is 1. The SMILES string of the molecule is CC1=NOC(CC(=O)N2C[C@H](O)C[C@H]2C(=O)NCc2ccn(C)n2)C1. The van der Waals surface area contributed by atoms with E-state index in [1.165, 1.54) is 4.90 Å². The average molecular weight is 349 g/mol. The van der Waals surface area contributed by atoms with Crippen LogP contribution in [-0.2, 0) is 28.0 Å². The molecule has 3 rings (SSSR count). The summed E-state index contributed by atoms with van der Waals surface area (Å²) in [5.41, 5.74) is 1.59. The number of nitrogens with zero attached hydrogens (tertiary/aromatic N) is 4. The molecule has 1 aromatic heterocycles. The van der Waals surface area contributed by atoms with Crippen molar-refractivity contribution in [3.63, 3.8) is 0 Å². The molecule has 0 bridgehead atoms. The molecule has 2 aliphatic heterocycles. The van der Waals surface area contributed by atoms with Crippen LogP contribution in [-0.4, -0.2) is 62.1 Å². The molecular formula is C16H23N5O4. The summed E-state index contributed by atoms with van der Waals surface area (Å²) < 4.78 is 1.66. The third-order valence-corrected chi connectivity index (χ3v) is 4.40. The van der Waals surface area contributed by atoms with Gasteiger partial charge in [0.25, 0.3) is 0 Å². The third-order valence-electron chi connectivity index (χ3n) is 4.40. The standard InChI is InChI=1S/C16H23N5O4/c1-10-5-13(25-19-10)7-15(23)21-9-12(22)6-14(21)16(24)17-8-11-3-4-20(2)18-11/h3-4,12-14,22H,5-9H2,1-2H3,(H,17,24)/t12-,13?,14+/m1/s1. The van der Waals surface area contributed by atoms with Crippen LogP contribution in [0.2, 0.25) is 0 Å². The average Bonchev–Trinajstić information content (AvgIpc) is 3.26. The van der Waals surface area contributed by atoms with Gasteiger partial charge in [-0.15, -0.1) is 0 Å². The monoisotopic (exact) mass is 349 g/mol. The minimum absolute atomic E-state index is 0.150. The fourth-order valence-electron chi connectivity index (χ4n) is 3.18. The van der Waals surface area contributed by atoms with Gasteiger partial charge in [0.05, 0.1) is 30.5 Å². The number of oxime groups is 1. The fraction of sp³-hybridized carbons (Fsp3) is 0.625. The molecule has 0 saturated carbocycles. The highest BCUT2D eigenvalue weighted by Gasteiger charge is 2.39. The number of amides is 2. The Hall–Kier alpha value is -2.42. The van der Waals surface area contributed by atoms with Gasteiger partial charge in [0.1, 0.15) is 12.1 Å². The molecule has 0 radical (unpaired) electrons. The summed E-state index contributed by atoms with van der Waals surface area (Å²) in [7, 11) is 1.80. The van der Waals surface area contributed by atoms with E-state index in [1.807, 2.05) is 13.0 Å². The van der Waals surface area contributed by atoms with Gasteiger partial charge >= 0.3 is 0 Å². The number of carbonyl (C=O) groups is 2. The Kier molecular flexibility index (Phi) is 5.03. The maximum Gasteiger partial charge on any atom is 0.243 e. The highest BCUT2D eigenvalue weighted by Crippen LogP contribution is 2.22. The summed E-state index contributed by atoms with van der Waals surface area (Å²) in [5, 5.41) is 20.7. The maximum atomic E-state index is 12.5. The topological polar surface area (TPSA) is 109 Å². The van der Waals surface area contributed by atoms with Crippen LogP contribution in [0.25, 0.3) is 0 Å². The van der Waals surface area contributed by atoms with Crippen LogP contribution in [0.1, 0.15) is 31.9 Å². The predicted octanol–water partition coefficient (Wildman–Crippen LogP) is -0.447. The van der Waals surface area contributed by atoms with Crippen molar-refractivity contribution >= 4 is 17.5 Å². The van der Waals surface area contributed by atoms with Crippen LogP contribution in [0.15, 0.2) is 17.4 Å². The van der Waals surface area contributed by atoms with Gasteiger partial charge in [0.2, 0.25) is 11.8 Å². The number of rotatable bonds is 5. The van der Waals surface area contributed by atoms with E-state index >= 15 is 0 Å². The van der Waals surface area contributed by atoms with Crippen LogP contribution in [0, 0.1) is 0 Å². The number of nitrogens with one attached hydrogen (secondary N) is 1. The van der Waals surface area contributed by atoms with E-state index in [4.69, 9.17) is 4.84 Å². The number of aromatic nitrogens is 2. The normalized spacial score (nSPS) is 25.6. The van der Waals surface area contributed by atoms with Crippen molar-refractivity contribution in [2.45, 2.75) is 51.0 Å². The summed E-state index contributed by atoms with van der Waals surface area (Å²) >= 11 is 0. The van der Waals surface area contributed by atoms with Crippen molar-refractivity contribution in [2.75, 3.05) is 6.54 Å². The van der Waals surface area contributed by atoms with Crippen molar-refractivity contribution in [3.8, 4) is 0 Å². The van der Waals surface area contributed by atoms with Crippen molar-refractivity contribution in [1.82, 2.24) is 20.0 Å². The number of aryl methyl sites for hydroxylation is 1. The van der Waals surface area contributed by atoms with Gasteiger partial charge in [-0.1, -0.05) is 5.16 Å². The van der Waals surface area contributed by atoms with Gasteiger partial charge < -0.3 is 20.2 Å². The molecule has 2 amide bonds. The number of carbonyl (C=O) groups excluding carboxylic acids is 2. The molecule has 25 heavy (non-hydrogen) atoms. The first-order valence-corrected chi connectivity index (χ1v) is 8.35. The highest BCUT2D eigenvalue weighted by atomic mass is 16.6. The van der Waals surface area contributed by atoms with E-state index in [1.54, 1.807) is 17.9 Å². The van der Waals surface area contributed by atoms with Crippen LogP contribution >= 0.6 is 0 Å². The molecule has 1 saturated heterocycles. The van der Waals surface area contributed by atoms with Gasteiger partial charge in [-0.2, -0.15) is 5.10 Å². The molecule has 0 aromatic carbocycles. The minimum Gasteiger partial charge on any atom is -0.392 e. The fourth-order valence-corrected chi connectivity index (χ4v) is 3.18. The van der Waals surface area contributed by atoms with Crippen molar-refractivity contribution in [3.05, 3.63) is 18.0 Å². The number of β-amino-alcohol motifs (C(OH)–C–C–N with tert-alkyl or cyclic N) is 1. The summed E-state index contributed by atoms with van der Waals surface area (Å²) in [6, 6.07) is 1.14. The molecule has 3 heterocycles. The molecule has 0 spiro atoms. The first-order valence-electron chi connectivity index (χ1n) is 8.35. The van der Waals surface area contributed by atoms with E-state index in [2.05, 4.69) is 15.6 Å². The first kappa shape index (κ1) is 17.4. The lowest BCUT2D eigenvalue weighted by Gasteiger charge is -2.24. The second-order valence-corrected chi connectivity index (χ2v) is 6.61. The first-order chi connectivity index (χ1) is 11.9. The number of hydrogen-bond acceptors (Lipinski definition) is 6. The molecule has 2 N–H and O–H groups in total. The maximum absolute atomic E-state index is 12.5. The summed E-state index contributed by atoms with van der Waals surface area (Å²) in [6.07, 6.45) is 1.80. The van der Waals surface area contributed by atoms with Crippen molar-refractivity contribution in [2.24, 2.45) is 12.2 Å². The Labute approximate surface area is 145 Å². The smallest absolute Gasteiger partial charge is 0.243 e. The van der Waals surface area contributed by atoms with E-state index in [-0.39, 0.29) is 43.8 Å². The molecule has 1 unspecified atom stereocenters. The van der Waals surface area contributed by atoms with Gasteiger partial charge in [-0.3, -0.25) is 14.3 Å². The Morgan fingerprint density at radius 3 is 2.92 bits per heavy atom. The Morgan fingerprint density at radius 1 is 1.48 bits per heavy atom. The van der Waals surface area contributed by atoms with Crippen LogP contribution in [0.5, 0.6) is 0 Å². The van der Waals surface area contributed by atoms with E-state index in [0.717, 1.165) is 11.4 Å². The lowest BCUT2D eigenvalue weighted by Crippen LogP contribution is -2.46. The second-order valence-electron chi connectivity index (χ2n) is 6.61. The van der Waals surface area contributed by atoms with Gasteiger partial charge in [0.15, 0.2) is 0 Å². The van der Waals surface area contributed by atoms with Gasteiger partial charge in [0, 0.05) is 32.6 Å². The van der Waals surface area contributed by atoms with Crippen LogP contribution < -0.4 is 5.32 Å². The zero-order chi connectivity index (χ0) is 18.0. The number of aliphatic hydroxyl groups excluding tert-OH is 1. The van der Waals surface area contributed by atoms with E-state index < -0.39 is 12.1 Å². The van der Waals surface area contributed by atoms with Crippen LogP contribution in [0.4, 0.5) is 0 Å². The molecule has 136 valence electrons. The van der Waals surface area contributed by atoms with E-state index in [9.17, 15) is 14.7 Å². The summed E-state index contributed by atoms with van der Waals surface area (Å²) in [5.74, 6) is -0.486. The third kappa shape index (κ3) is 4.16. The molecule has 9 nitrogen and oxygen atoms in total. The summed E-state index contributed by atoms with van der Waals surface area (Å²) in [4.78, 5) is 31.6. The summed E-state index contributed by atoms with van der Waals surface area (Å²) in [6.45, 7) is 2.29. The second kappa shape index (κ2) is 7.22. The molecule has 0 aliphatic carbocycles. The van der Waals surface area contributed by atoms with Crippen molar-refractivity contribution in [1.29, 1.82) is 0 Å². The predicted molar refractivity (Wildman–Crippen MR) is 88.4 cm³/mol. The quantitative estimate of drug-likeness (QED) is 0.749. The molecule has 1 fully saturated rings. The Morgan fingerprint density at radius 2 is 2.28 bits per heavy atom. The molecule has 9 heteroatoms. The Bertz CT molecular complexity index is 686.